The number of hydrogen-bond acceptors (Lipinski definition) is 3. The van der Waals surface area contributed by atoms with Crippen LogP contribution in [0.4, 0.5) is 4.39 Å². The highest BCUT2D eigenvalue weighted by atomic mass is 19.1. The highest BCUT2D eigenvalue weighted by Crippen LogP contribution is 2.22. The summed E-state index contributed by atoms with van der Waals surface area (Å²) in [5.41, 5.74) is 1.30. The van der Waals surface area contributed by atoms with Crippen LogP contribution in [0.1, 0.15) is 18.4 Å². The van der Waals surface area contributed by atoms with Crippen LogP contribution in [0.25, 0.3) is 0 Å². The first-order valence-corrected chi connectivity index (χ1v) is 8.58. The molecule has 0 bridgehead atoms. The molecule has 1 N–H and O–H groups in total. The van der Waals surface area contributed by atoms with E-state index >= 15 is 0 Å². The lowest BCUT2D eigenvalue weighted by Gasteiger charge is -2.31. The summed E-state index contributed by atoms with van der Waals surface area (Å²) in [6, 6.07) is 13.7. The van der Waals surface area contributed by atoms with Crippen molar-refractivity contribution in [2.24, 2.45) is 5.92 Å². The van der Waals surface area contributed by atoms with Crippen molar-refractivity contribution in [1.29, 1.82) is 0 Å². The Bertz CT molecular complexity index is 619. The summed E-state index contributed by atoms with van der Waals surface area (Å²) in [7, 11) is 0. The zero-order chi connectivity index (χ0) is 16.8. The molecule has 0 radical (unpaired) electrons. The average molecular weight is 329 g/mol. The predicted molar refractivity (Wildman–Crippen MR) is 92.9 cm³/mol. The fraction of sp³-hybridized carbons (Fsp3) is 0.400. The van der Waals surface area contributed by atoms with Crippen LogP contribution in [-0.2, 0) is 6.42 Å². The topological polar surface area (TPSA) is 32.7 Å². The van der Waals surface area contributed by atoms with Crippen LogP contribution in [0.3, 0.4) is 0 Å². The van der Waals surface area contributed by atoms with Gasteiger partial charge in [0.05, 0.1) is 0 Å². The van der Waals surface area contributed by atoms with E-state index in [2.05, 4.69) is 4.90 Å². The van der Waals surface area contributed by atoms with Gasteiger partial charge in [0.2, 0.25) is 0 Å². The maximum atomic E-state index is 12.8. The fourth-order valence-corrected chi connectivity index (χ4v) is 3.20. The molecule has 1 heterocycles. The molecule has 0 saturated carbocycles. The standard InChI is InChI=1S/C20H24FNO2/c21-18-3-7-20(8-4-18)24-14-13-22-11-9-17(10-12-22)15-16-1-5-19(23)6-2-16/h1-8,17,23H,9-15H2. The van der Waals surface area contributed by atoms with E-state index in [1.165, 1.54) is 30.5 Å². The Morgan fingerprint density at radius 3 is 2.33 bits per heavy atom. The summed E-state index contributed by atoms with van der Waals surface area (Å²) in [5.74, 6) is 1.52. The zero-order valence-electron chi connectivity index (χ0n) is 13.8. The molecule has 3 rings (SSSR count). The number of rotatable bonds is 6. The van der Waals surface area contributed by atoms with Crippen LogP contribution in [-0.4, -0.2) is 36.2 Å². The summed E-state index contributed by atoms with van der Waals surface area (Å²) in [6.07, 6.45) is 3.47. The van der Waals surface area contributed by atoms with Gasteiger partial charge in [0.15, 0.2) is 0 Å². The van der Waals surface area contributed by atoms with Crippen molar-refractivity contribution in [3.05, 3.63) is 59.9 Å². The van der Waals surface area contributed by atoms with E-state index in [4.69, 9.17) is 4.74 Å². The van der Waals surface area contributed by atoms with E-state index in [1.807, 2.05) is 12.1 Å². The van der Waals surface area contributed by atoms with Gasteiger partial charge in [-0.15, -0.1) is 0 Å². The highest BCUT2D eigenvalue weighted by molar-refractivity contribution is 5.26. The number of hydrogen-bond donors (Lipinski definition) is 1. The molecule has 1 fully saturated rings. The molecule has 0 aliphatic carbocycles. The van der Waals surface area contributed by atoms with Crippen molar-refractivity contribution in [3.8, 4) is 11.5 Å². The van der Waals surface area contributed by atoms with Gasteiger partial charge < -0.3 is 9.84 Å². The Morgan fingerprint density at radius 1 is 1.00 bits per heavy atom. The number of aromatic hydroxyl groups is 1. The molecular weight excluding hydrogens is 305 g/mol. The third kappa shape index (κ3) is 4.96. The van der Waals surface area contributed by atoms with Gasteiger partial charge in [0.1, 0.15) is 23.9 Å². The molecule has 2 aromatic carbocycles. The lowest BCUT2D eigenvalue weighted by molar-refractivity contribution is 0.155. The zero-order valence-corrected chi connectivity index (χ0v) is 13.8. The van der Waals surface area contributed by atoms with Crippen LogP contribution in [0.2, 0.25) is 0 Å². The van der Waals surface area contributed by atoms with Crippen LogP contribution < -0.4 is 4.74 Å². The minimum absolute atomic E-state index is 0.238. The number of likely N-dealkylation sites (tertiary alicyclic amines) is 1. The molecule has 24 heavy (non-hydrogen) atoms. The van der Waals surface area contributed by atoms with Crippen LogP contribution >= 0.6 is 0 Å². The van der Waals surface area contributed by atoms with Gasteiger partial charge >= 0.3 is 0 Å². The van der Waals surface area contributed by atoms with E-state index < -0.39 is 0 Å². The summed E-state index contributed by atoms with van der Waals surface area (Å²) >= 11 is 0. The normalized spacial score (nSPS) is 16.2. The third-order valence-electron chi connectivity index (χ3n) is 4.66. The third-order valence-corrected chi connectivity index (χ3v) is 4.66. The smallest absolute Gasteiger partial charge is 0.123 e. The Hall–Kier alpha value is -2.07. The number of phenols is 1. The second-order valence-corrected chi connectivity index (χ2v) is 6.46. The molecule has 0 aromatic heterocycles. The Kier molecular flexibility index (Phi) is 5.70. The largest absolute Gasteiger partial charge is 0.508 e. The predicted octanol–water partition coefficient (Wildman–Crippen LogP) is 3.86. The SMILES string of the molecule is Oc1ccc(CC2CCN(CCOc3ccc(F)cc3)CC2)cc1. The second-order valence-electron chi connectivity index (χ2n) is 6.46. The van der Waals surface area contributed by atoms with Gasteiger partial charge in [0.25, 0.3) is 0 Å². The molecule has 1 saturated heterocycles. The molecule has 128 valence electrons. The maximum absolute atomic E-state index is 12.8. The van der Waals surface area contributed by atoms with Gasteiger partial charge in [0, 0.05) is 6.54 Å². The van der Waals surface area contributed by atoms with E-state index in [1.54, 1.807) is 24.3 Å². The van der Waals surface area contributed by atoms with Crippen molar-refractivity contribution < 1.29 is 14.2 Å². The van der Waals surface area contributed by atoms with E-state index in [9.17, 15) is 9.50 Å². The van der Waals surface area contributed by atoms with Gasteiger partial charge in [-0.3, -0.25) is 4.90 Å². The molecule has 2 aromatic rings. The molecule has 0 spiro atoms. The molecular formula is C20H24FNO2. The van der Waals surface area contributed by atoms with Crippen LogP contribution in [0.15, 0.2) is 48.5 Å². The fourth-order valence-electron chi connectivity index (χ4n) is 3.20. The first-order valence-electron chi connectivity index (χ1n) is 8.58. The molecule has 1 aliphatic rings. The Morgan fingerprint density at radius 2 is 1.67 bits per heavy atom. The monoisotopic (exact) mass is 329 g/mol. The highest BCUT2D eigenvalue weighted by Gasteiger charge is 2.19. The number of nitrogens with zero attached hydrogens (tertiary/aromatic N) is 1. The van der Waals surface area contributed by atoms with Gasteiger partial charge in [-0.1, -0.05) is 12.1 Å². The summed E-state index contributed by atoms with van der Waals surface area (Å²) in [5, 5.41) is 9.34. The Labute approximate surface area is 142 Å². The average Bonchev–Trinajstić information content (AvgIpc) is 2.60. The number of phenolic OH excluding ortho intramolecular Hbond substituents is 1. The van der Waals surface area contributed by atoms with E-state index in [0.29, 0.717) is 18.3 Å². The maximum Gasteiger partial charge on any atom is 0.123 e. The van der Waals surface area contributed by atoms with Crippen molar-refractivity contribution in [3.63, 3.8) is 0 Å². The quantitative estimate of drug-likeness (QED) is 0.873. The van der Waals surface area contributed by atoms with Gasteiger partial charge in [-0.2, -0.15) is 0 Å². The van der Waals surface area contributed by atoms with Crippen molar-refractivity contribution in [1.82, 2.24) is 4.90 Å². The van der Waals surface area contributed by atoms with E-state index in [-0.39, 0.29) is 5.82 Å². The molecule has 3 nitrogen and oxygen atoms in total. The summed E-state index contributed by atoms with van der Waals surface area (Å²) in [4.78, 5) is 2.43. The lowest BCUT2D eigenvalue weighted by atomic mass is 9.90. The molecule has 0 amide bonds. The van der Waals surface area contributed by atoms with Crippen molar-refractivity contribution >= 4 is 0 Å². The van der Waals surface area contributed by atoms with Gasteiger partial charge in [-0.25, -0.2) is 4.39 Å². The first-order chi connectivity index (χ1) is 11.7. The molecule has 0 atom stereocenters. The summed E-state index contributed by atoms with van der Waals surface area (Å²) < 4.78 is 18.5. The van der Waals surface area contributed by atoms with Gasteiger partial charge in [-0.05, 0) is 80.2 Å². The van der Waals surface area contributed by atoms with Crippen molar-refractivity contribution in [2.75, 3.05) is 26.2 Å². The number of ether oxygens (including phenoxy) is 1. The molecule has 0 unspecified atom stereocenters. The van der Waals surface area contributed by atoms with Crippen LogP contribution in [0.5, 0.6) is 11.5 Å². The number of benzene rings is 2. The van der Waals surface area contributed by atoms with Crippen molar-refractivity contribution in [2.45, 2.75) is 19.3 Å². The first kappa shape index (κ1) is 16.8. The van der Waals surface area contributed by atoms with Crippen LogP contribution in [0, 0.1) is 11.7 Å². The number of piperidine rings is 1. The van der Waals surface area contributed by atoms with E-state index in [0.717, 1.165) is 31.8 Å². The minimum Gasteiger partial charge on any atom is -0.508 e. The number of halogens is 1. The summed E-state index contributed by atoms with van der Waals surface area (Å²) in [6.45, 7) is 3.72. The molecule has 4 heteroatoms. The Balaban J connectivity index is 1.36. The minimum atomic E-state index is -0.238. The lowest BCUT2D eigenvalue weighted by Crippen LogP contribution is -2.37. The molecule has 1 aliphatic heterocycles. The second kappa shape index (κ2) is 8.15.